The van der Waals surface area contributed by atoms with E-state index in [2.05, 4.69) is 15.5 Å². The number of aliphatic hydroxyl groups is 1. The number of nitrogens with zero attached hydrogens (tertiary/aromatic N) is 1. The second-order valence-electron chi connectivity index (χ2n) is 11.3. The van der Waals surface area contributed by atoms with E-state index in [9.17, 15) is 27.9 Å². The summed E-state index contributed by atoms with van der Waals surface area (Å²) >= 11 is 6.17. The average Bonchev–Trinajstić information content (AvgIpc) is 3.25. The molecule has 2 aromatic carbocycles. The Kier molecular flexibility index (Phi) is 8.99. The number of carbonyl (C=O) groups is 2. The third-order valence-electron chi connectivity index (χ3n) is 8.61. The number of unbranched alkanes of at least 4 members (excludes halogenated alkanes) is 1. The molecule has 2 aliphatic carbocycles. The number of alkyl halides is 3. The summed E-state index contributed by atoms with van der Waals surface area (Å²) in [6.45, 7) is 1.04. The lowest BCUT2D eigenvalue weighted by atomic mass is 9.73. The summed E-state index contributed by atoms with van der Waals surface area (Å²) in [6, 6.07) is 15.0. The fourth-order valence-electron chi connectivity index (χ4n) is 6.50. The fraction of sp³-hybridized carbons (Fsp3) is 0.438. The molecule has 1 atom stereocenters. The number of piperidine rings is 1. The SMILES string of the molecule is O=C(NC1CCN(CCCCC2(C(=O)NCC(F)(F)F)c3ccccc3-c3ccccc32)CC1)C1CC=C(O)C=C1Cl. The monoisotopic (exact) mass is 601 g/mol. The number of carbonyl (C=O) groups excluding carboxylic acids is 2. The number of hydrogen-bond acceptors (Lipinski definition) is 4. The lowest BCUT2D eigenvalue weighted by molar-refractivity contribution is -0.141. The van der Waals surface area contributed by atoms with Crippen LogP contribution in [0, 0.1) is 5.92 Å². The van der Waals surface area contributed by atoms with Gasteiger partial charge in [0.1, 0.15) is 17.7 Å². The van der Waals surface area contributed by atoms with Crippen molar-refractivity contribution in [1.29, 1.82) is 0 Å². The summed E-state index contributed by atoms with van der Waals surface area (Å²) in [4.78, 5) is 28.7. The second kappa shape index (κ2) is 12.5. The molecule has 2 aromatic rings. The van der Waals surface area contributed by atoms with Crippen molar-refractivity contribution in [3.8, 4) is 11.1 Å². The molecule has 5 rings (SSSR count). The van der Waals surface area contributed by atoms with Crippen LogP contribution in [0.1, 0.15) is 49.7 Å². The van der Waals surface area contributed by atoms with Crippen LogP contribution in [-0.2, 0) is 15.0 Å². The molecular weight excluding hydrogens is 567 g/mol. The number of nitrogens with one attached hydrogen (secondary N) is 2. The van der Waals surface area contributed by atoms with Crippen molar-refractivity contribution in [2.45, 2.75) is 56.2 Å². The highest BCUT2D eigenvalue weighted by molar-refractivity contribution is 6.31. The number of likely N-dealkylation sites (tertiary alicyclic amines) is 1. The van der Waals surface area contributed by atoms with Gasteiger partial charge in [0.2, 0.25) is 11.8 Å². The highest BCUT2D eigenvalue weighted by atomic mass is 35.5. The van der Waals surface area contributed by atoms with Gasteiger partial charge < -0.3 is 20.6 Å². The minimum atomic E-state index is -4.50. The first-order valence-corrected chi connectivity index (χ1v) is 14.8. The van der Waals surface area contributed by atoms with E-state index in [0.29, 0.717) is 24.3 Å². The quantitative estimate of drug-likeness (QED) is 0.310. The lowest BCUT2D eigenvalue weighted by Crippen LogP contribution is -2.47. The van der Waals surface area contributed by atoms with Gasteiger partial charge in [0.25, 0.3) is 0 Å². The Morgan fingerprint density at radius 2 is 1.62 bits per heavy atom. The van der Waals surface area contributed by atoms with E-state index < -0.39 is 30.0 Å². The van der Waals surface area contributed by atoms with Gasteiger partial charge in [0.15, 0.2) is 0 Å². The smallest absolute Gasteiger partial charge is 0.405 e. The van der Waals surface area contributed by atoms with Crippen LogP contribution in [0.5, 0.6) is 0 Å². The molecule has 42 heavy (non-hydrogen) atoms. The van der Waals surface area contributed by atoms with Gasteiger partial charge in [-0.15, -0.1) is 0 Å². The molecule has 1 heterocycles. The molecule has 3 aliphatic rings. The van der Waals surface area contributed by atoms with Crippen LogP contribution in [0.15, 0.2) is 71.5 Å². The summed E-state index contributed by atoms with van der Waals surface area (Å²) in [5.41, 5.74) is 2.09. The molecule has 1 fully saturated rings. The summed E-state index contributed by atoms with van der Waals surface area (Å²) in [7, 11) is 0. The van der Waals surface area contributed by atoms with Crippen LogP contribution in [0.2, 0.25) is 0 Å². The Labute approximate surface area is 248 Å². The van der Waals surface area contributed by atoms with Crippen LogP contribution < -0.4 is 10.6 Å². The zero-order valence-electron chi connectivity index (χ0n) is 23.2. The minimum Gasteiger partial charge on any atom is -0.508 e. The zero-order chi connectivity index (χ0) is 29.9. The molecule has 10 heteroatoms. The van der Waals surface area contributed by atoms with Gasteiger partial charge >= 0.3 is 6.18 Å². The molecule has 2 amide bonds. The number of hydrogen-bond donors (Lipinski definition) is 3. The van der Waals surface area contributed by atoms with E-state index >= 15 is 0 Å². The third kappa shape index (κ3) is 6.37. The van der Waals surface area contributed by atoms with E-state index in [4.69, 9.17) is 11.6 Å². The maximum atomic E-state index is 13.6. The fourth-order valence-corrected chi connectivity index (χ4v) is 6.80. The first-order valence-electron chi connectivity index (χ1n) is 14.4. The number of fused-ring (bicyclic) bond motifs is 3. The Hall–Kier alpha value is -3.30. The number of halogens is 4. The Morgan fingerprint density at radius 3 is 2.21 bits per heavy atom. The van der Waals surface area contributed by atoms with Gasteiger partial charge in [0, 0.05) is 24.2 Å². The summed E-state index contributed by atoms with van der Waals surface area (Å²) < 4.78 is 39.3. The molecule has 3 N–H and O–H groups in total. The Balaban J connectivity index is 1.18. The van der Waals surface area contributed by atoms with Crippen molar-refractivity contribution in [3.63, 3.8) is 0 Å². The molecule has 0 radical (unpaired) electrons. The molecule has 0 saturated carbocycles. The summed E-state index contributed by atoms with van der Waals surface area (Å²) in [6.07, 6.45) is 2.31. The van der Waals surface area contributed by atoms with Crippen molar-refractivity contribution in [2.24, 2.45) is 5.92 Å². The molecule has 1 aliphatic heterocycles. The molecule has 224 valence electrons. The van der Waals surface area contributed by atoms with Crippen molar-refractivity contribution in [3.05, 3.63) is 82.6 Å². The summed E-state index contributed by atoms with van der Waals surface area (Å²) in [5.74, 6) is -1.16. The van der Waals surface area contributed by atoms with Gasteiger partial charge in [-0.05, 0) is 73.1 Å². The normalized spacial score (nSPS) is 20.2. The van der Waals surface area contributed by atoms with E-state index in [-0.39, 0.29) is 17.7 Å². The number of amides is 2. The maximum Gasteiger partial charge on any atom is 0.405 e. The van der Waals surface area contributed by atoms with E-state index in [0.717, 1.165) is 61.2 Å². The Bertz CT molecular complexity index is 1340. The first-order chi connectivity index (χ1) is 20.1. The standard InChI is InChI=1S/C32H35ClF3N3O3/c33-28-19-22(40)11-12-25(28)29(41)38-21-13-17-39(18-14-21)16-6-5-15-31(30(42)37-20-32(34,35)36)26-9-3-1-7-23(26)24-8-2-4-10-27(24)31/h1-4,7-11,19,21,25,40H,5-6,12-18,20H2,(H,37,42)(H,38,41). The topological polar surface area (TPSA) is 81.7 Å². The number of rotatable bonds is 9. The highest BCUT2D eigenvalue weighted by Crippen LogP contribution is 2.51. The molecule has 0 aromatic heterocycles. The summed E-state index contributed by atoms with van der Waals surface area (Å²) in [5, 5.41) is 15.2. The zero-order valence-corrected chi connectivity index (χ0v) is 24.0. The molecule has 1 saturated heterocycles. The number of allylic oxidation sites excluding steroid dienone is 2. The van der Waals surface area contributed by atoms with E-state index in [1.165, 1.54) is 6.08 Å². The third-order valence-corrected chi connectivity index (χ3v) is 8.98. The van der Waals surface area contributed by atoms with Gasteiger partial charge in [-0.1, -0.05) is 66.6 Å². The predicted molar refractivity (Wildman–Crippen MR) is 156 cm³/mol. The van der Waals surface area contributed by atoms with Crippen LogP contribution >= 0.6 is 11.6 Å². The molecule has 1 unspecified atom stereocenters. The van der Waals surface area contributed by atoms with Crippen LogP contribution in [0.3, 0.4) is 0 Å². The molecule has 0 bridgehead atoms. The molecule has 6 nitrogen and oxygen atoms in total. The lowest BCUT2D eigenvalue weighted by Gasteiger charge is -2.34. The van der Waals surface area contributed by atoms with E-state index in [1.807, 2.05) is 48.5 Å². The van der Waals surface area contributed by atoms with Gasteiger partial charge in [-0.3, -0.25) is 9.59 Å². The van der Waals surface area contributed by atoms with E-state index in [1.54, 1.807) is 6.08 Å². The van der Waals surface area contributed by atoms with Gasteiger partial charge in [-0.25, -0.2) is 0 Å². The largest absolute Gasteiger partial charge is 0.508 e. The van der Waals surface area contributed by atoms with Crippen LogP contribution in [0.4, 0.5) is 13.2 Å². The van der Waals surface area contributed by atoms with Crippen LogP contribution in [0.25, 0.3) is 11.1 Å². The number of aliphatic hydroxyl groups excluding tert-OH is 1. The predicted octanol–water partition coefficient (Wildman–Crippen LogP) is 5.97. The van der Waals surface area contributed by atoms with Crippen LogP contribution in [-0.4, -0.2) is 60.2 Å². The van der Waals surface area contributed by atoms with Crippen molar-refractivity contribution < 1.29 is 27.9 Å². The maximum absolute atomic E-state index is 13.6. The second-order valence-corrected chi connectivity index (χ2v) is 11.8. The first kappa shape index (κ1) is 30.2. The van der Waals surface area contributed by atoms with Crippen molar-refractivity contribution in [2.75, 3.05) is 26.2 Å². The van der Waals surface area contributed by atoms with Crippen molar-refractivity contribution >= 4 is 23.4 Å². The molecular formula is C32H35ClF3N3O3. The van der Waals surface area contributed by atoms with Crippen molar-refractivity contribution in [1.82, 2.24) is 15.5 Å². The number of benzene rings is 2. The molecule has 0 spiro atoms. The van der Waals surface area contributed by atoms with Gasteiger partial charge in [0.05, 0.1) is 5.92 Å². The average molecular weight is 602 g/mol. The minimum absolute atomic E-state index is 0.0461. The highest BCUT2D eigenvalue weighted by Gasteiger charge is 2.49. The van der Waals surface area contributed by atoms with Gasteiger partial charge in [-0.2, -0.15) is 13.2 Å². The Morgan fingerprint density at radius 1 is 1.00 bits per heavy atom.